The van der Waals surface area contributed by atoms with Crippen LogP contribution in [0.25, 0.3) is 0 Å². The first kappa shape index (κ1) is 23.2. The number of hydrogen-bond acceptors (Lipinski definition) is 5. The van der Waals surface area contributed by atoms with Crippen LogP contribution in [0.2, 0.25) is 0 Å². The molecule has 0 unspecified atom stereocenters. The van der Waals surface area contributed by atoms with E-state index >= 15 is 0 Å². The Morgan fingerprint density at radius 1 is 1.13 bits per heavy atom. The predicted octanol–water partition coefficient (Wildman–Crippen LogP) is 1.84. The van der Waals surface area contributed by atoms with Crippen molar-refractivity contribution < 1.29 is 23.5 Å². The molecule has 0 saturated heterocycles. The number of nitrogens with two attached hydrogens (primary N) is 1. The Labute approximate surface area is 173 Å². The van der Waals surface area contributed by atoms with Gasteiger partial charge in [0.05, 0.1) is 0 Å². The zero-order valence-electron chi connectivity index (χ0n) is 16.7. The van der Waals surface area contributed by atoms with Gasteiger partial charge in [-0.05, 0) is 35.7 Å². The lowest BCUT2D eigenvalue weighted by molar-refractivity contribution is -0.134. The first-order chi connectivity index (χ1) is 14.3. The van der Waals surface area contributed by atoms with E-state index in [9.17, 15) is 23.5 Å². The number of nitrogens with one attached hydrogen (secondary N) is 2. The molecular formula is C21H26F2N4O3. The van der Waals surface area contributed by atoms with Gasteiger partial charge in [-0.2, -0.15) is 0 Å². The van der Waals surface area contributed by atoms with Crippen molar-refractivity contribution in [1.29, 1.82) is 0 Å². The zero-order valence-corrected chi connectivity index (χ0v) is 16.7. The lowest BCUT2D eigenvalue weighted by atomic mass is 10.0. The molecule has 0 aliphatic carbocycles. The average Bonchev–Trinajstić information content (AvgIpc) is 2.73. The average molecular weight is 420 g/mol. The second-order valence-corrected chi connectivity index (χ2v) is 6.98. The SMILES string of the molecule is CCCC[C@@H](O)C(=O)N[C@@H](Cc1ccc(F)c(F)c1)C(=O)NCc1ccc(N)nc1. The van der Waals surface area contributed by atoms with E-state index in [0.29, 0.717) is 23.4 Å². The van der Waals surface area contributed by atoms with Crippen LogP contribution < -0.4 is 16.4 Å². The number of aliphatic hydroxyl groups is 1. The van der Waals surface area contributed by atoms with Crippen molar-refractivity contribution in [3.8, 4) is 0 Å². The third-order valence-electron chi connectivity index (χ3n) is 4.50. The van der Waals surface area contributed by atoms with Gasteiger partial charge < -0.3 is 21.5 Å². The van der Waals surface area contributed by atoms with E-state index in [2.05, 4.69) is 15.6 Å². The van der Waals surface area contributed by atoms with Crippen LogP contribution in [-0.4, -0.2) is 34.1 Å². The summed E-state index contributed by atoms with van der Waals surface area (Å²) in [5.41, 5.74) is 6.55. The fourth-order valence-corrected chi connectivity index (χ4v) is 2.76. The Balaban J connectivity index is 2.09. The molecule has 0 spiro atoms. The minimum atomic E-state index is -1.26. The lowest BCUT2D eigenvalue weighted by Gasteiger charge is -2.20. The van der Waals surface area contributed by atoms with Crippen LogP contribution in [-0.2, 0) is 22.6 Å². The molecule has 1 heterocycles. The van der Waals surface area contributed by atoms with E-state index in [1.165, 1.54) is 12.3 Å². The smallest absolute Gasteiger partial charge is 0.249 e. The van der Waals surface area contributed by atoms with Crippen LogP contribution in [0, 0.1) is 11.6 Å². The molecule has 2 amide bonds. The number of nitrogens with zero attached hydrogens (tertiary/aromatic N) is 1. The first-order valence-corrected chi connectivity index (χ1v) is 9.70. The number of rotatable bonds is 10. The van der Waals surface area contributed by atoms with Crippen molar-refractivity contribution in [3.63, 3.8) is 0 Å². The van der Waals surface area contributed by atoms with Crippen molar-refractivity contribution in [1.82, 2.24) is 15.6 Å². The van der Waals surface area contributed by atoms with Crippen LogP contribution in [0.3, 0.4) is 0 Å². The minimum absolute atomic E-state index is 0.0741. The van der Waals surface area contributed by atoms with Gasteiger partial charge in [-0.25, -0.2) is 13.8 Å². The lowest BCUT2D eigenvalue weighted by Crippen LogP contribution is -2.50. The van der Waals surface area contributed by atoms with Crippen molar-refractivity contribution >= 4 is 17.6 Å². The quantitative estimate of drug-likeness (QED) is 0.468. The number of halogens is 2. The molecule has 5 N–H and O–H groups in total. The van der Waals surface area contributed by atoms with Crippen molar-refractivity contribution in [2.75, 3.05) is 5.73 Å². The van der Waals surface area contributed by atoms with Gasteiger partial charge in [-0.3, -0.25) is 9.59 Å². The van der Waals surface area contributed by atoms with Gasteiger partial charge in [0.15, 0.2) is 11.6 Å². The maximum absolute atomic E-state index is 13.5. The number of pyridine rings is 1. The maximum Gasteiger partial charge on any atom is 0.249 e. The third-order valence-corrected chi connectivity index (χ3v) is 4.50. The number of aliphatic hydroxyl groups excluding tert-OH is 1. The van der Waals surface area contributed by atoms with E-state index < -0.39 is 35.6 Å². The highest BCUT2D eigenvalue weighted by Gasteiger charge is 2.25. The van der Waals surface area contributed by atoms with Gasteiger partial charge in [0.25, 0.3) is 0 Å². The van der Waals surface area contributed by atoms with Gasteiger partial charge in [0.1, 0.15) is 18.0 Å². The predicted molar refractivity (Wildman–Crippen MR) is 108 cm³/mol. The highest BCUT2D eigenvalue weighted by Crippen LogP contribution is 2.12. The fraction of sp³-hybridized carbons (Fsp3) is 0.381. The normalized spacial score (nSPS) is 12.8. The molecule has 2 rings (SSSR count). The Morgan fingerprint density at radius 3 is 2.50 bits per heavy atom. The topological polar surface area (TPSA) is 117 Å². The van der Waals surface area contributed by atoms with E-state index in [4.69, 9.17) is 5.73 Å². The first-order valence-electron chi connectivity index (χ1n) is 9.70. The molecule has 1 aromatic carbocycles. The van der Waals surface area contributed by atoms with Crippen molar-refractivity contribution in [3.05, 3.63) is 59.3 Å². The van der Waals surface area contributed by atoms with Crippen LogP contribution in [0.1, 0.15) is 37.3 Å². The molecule has 0 radical (unpaired) electrons. The molecule has 162 valence electrons. The molecule has 30 heavy (non-hydrogen) atoms. The number of amides is 2. The summed E-state index contributed by atoms with van der Waals surface area (Å²) >= 11 is 0. The number of hydrogen-bond donors (Lipinski definition) is 4. The maximum atomic E-state index is 13.5. The van der Waals surface area contributed by atoms with Crippen molar-refractivity contribution in [2.24, 2.45) is 0 Å². The number of carbonyl (C=O) groups excluding carboxylic acids is 2. The van der Waals surface area contributed by atoms with E-state index in [0.717, 1.165) is 18.6 Å². The number of carbonyl (C=O) groups is 2. The monoisotopic (exact) mass is 420 g/mol. The summed E-state index contributed by atoms with van der Waals surface area (Å²) in [7, 11) is 0. The summed E-state index contributed by atoms with van der Waals surface area (Å²) in [4.78, 5) is 28.9. The number of benzene rings is 1. The third kappa shape index (κ3) is 7.07. The molecule has 7 nitrogen and oxygen atoms in total. The zero-order chi connectivity index (χ0) is 22.1. The summed E-state index contributed by atoms with van der Waals surface area (Å²) in [6.45, 7) is 2.06. The molecule has 2 aromatic rings. The number of aromatic nitrogens is 1. The molecule has 0 saturated carbocycles. The molecule has 2 atom stereocenters. The van der Waals surface area contributed by atoms with Gasteiger partial charge in [-0.1, -0.05) is 31.9 Å². The van der Waals surface area contributed by atoms with Gasteiger partial charge >= 0.3 is 0 Å². The summed E-state index contributed by atoms with van der Waals surface area (Å²) in [6.07, 6.45) is 1.89. The Hall–Kier alpha value is -3.07. The minimum Gasteiger partial charge on any atom is -0.384 e. The van der Waals surface area contributed by atoms with Crippen LogP contribution in [0.5, 0.6) is 0 Å². The standard InChI is InChI=1S/C21H26F2N4O3/c1-2-3-4-18(28)21(30)27-17(10-13-5-7-15(22)16(23)9-13)20(29)26-12-14-6-8-19(24)25-11-14/h5-9,11,17-18,28H,2-4,10,12H2,1H3,(H2,24,25)(H,26,29)(H,27,30)/t17-,18+/m0/s1. The summed E-state index contributed by atoms with van der Waals surface area (Å²) in [5.74, 6) is -2.94. The molecule has 0 aliphatic heterocycles. The fourth-order valence-electron chi connectivity index (χ4n) is 2.76. The van der Waals surface area contributed by atoms with Crippen LogP contribution >= 0.6 is 0 Å². The second-order valence-electron chi connectivity index (χ2n) is 6.98. The summed E-state index contributed by atoms with van der Waals surface area (Å²) in [6, 6.07) is 5.46. The van der Waals surface area contributed by atoms with Gasteiger partial charge in [-0.15, -0.1) is 0 Å². The van der Waals surface area contributed by atoms with Crippen LogP contribution in [0.4, 0.5) is 14.6 Å². The van der Waals surface area contributed by atoms with Crippen LogP contribution in [0.15, 0.2) is 36.5 Å². The van der Waals surface area contributed by atoms with E-state index in [-0.39, 0.29) is 19.4 Å². The highest BCUT2D eigenvalue weighted by atomic mass is 19.2. The van der Waals surface area contributed by atoms with Crippen molar-refractivity contribution in [2.45, 2.75) is 51.3 Å². The second kappa shape index (κ2) is 11.2. The number of anilines is 1. The van der Waals surface area contributed by atoms with E-state index in [1.54, 1.807) is 12.1 Å². The van der Waals surface area contributed by atoms with Gasteiger partial charge in [0.2, 0.25) is 11.8 Å². The highest BCUT2D eigenvalue weighted by molar-refractivity contribution is 5.89. The number of nitrogen functional groups attached to an aromatic ring is 1. The Morgan fingerprint density at radius 2 is 1.87 bits per heavy atom. The molecule has 1 aromatic heterocycles. The molecule has 0 bridgehead atoms. The summed E-state index contributed by atoms with van der Waals surface area (Å²) < 4.78 is 26.7. The van der Waals surface area contributed by atoms with E-state index in [1.807, 2.05) is 6.92 Å². The van der Waals surface area contributed by atoms with Gasteiger partial charge in [0, 0.05) is 19.2 Å². The Bertz CT molecular complexity index is 862. The molecule has 0 aliphatic rings. The summed E-state index contributed by atoms with van der Waals surface area (Å²) in [5, 5.41) is 15.2. The number of unbranched alkanes of at least 4 members (excludes halogenated alkanes) is 1. The molecule has 9 heteroatoms. The molecular weight excluding hydrogens is 394 g/mol. The Kier molecular flexibility index (Phi) is 8.67. The molecule has 0 fully saturated rings. The largest absolute Gasteiger partial charge is 0.384 e.